The molecule has 0 bridgehead atoms. The van der Waals surface area contributed by atoms with E-state index in [9.17, 15) is 12.8 Å². The van der Waals surface area contributed by atoms with Crippen molar-refractivity contribution in [3.8, 4) is 0 Å². The molecule has 1 aromatic carbocycles. The quantitative estimate of drug-likeness (QED) is 0.869. The van der Waals surface area contributed by atoms with E-state index in [1.54, 1.807) is 0 Å². The van der Waals surface area contributed by atoms with Gasteiger partial charge in [-0.05, 0) is 62.9 Å². The first-order valence-electron chi connectivity index (χ1n) is 7.06. The lowest BCUT2D eigenvalue weighted by atomic mass is 9.96. The molecule has 1 aliphatic heterocycles. The Hall–Kier alpha value is -0.690. The summed E-state index contributed by atoms with van der Waals surface area (Å²) in [5, 5.41) is 3.20. The van der Waals surface area contributed by atoms with Crippen LogP contribution in [0.3, 0.4) is 0 Å². The van der Waals surface area contributed by atoms with Crippen LogP contribution in [0.25, 0.3) is 0 Å². The number of nitrogens with one attached hydrogen (secondary N) is 2. The van der Waals surface area contributed by atoms with Crippen molar-refractivity contribution in [3.63, 3.8) is 0 Å². The zero-order chi connectivity index (χ0) is 15.5. The molecule has 0 spiro atoms. The topological polar surface area (TPSA) is 58.2 Å². The van der Waals surface area contributed by atoms with Crippen molar-refractivity contribution in [2.45, 2.75) is 31.1 Å². The Morgan fingerprint density at radius 2 is 2.24 bits per heavy atom. The molecule has 118 valence electrons. The van der Waals surface area contributed by atoms with E-state index in [-0.39, 0.29) is 15.5 Å². The molecule has 1 unspecified atom stereocenters. The summed E-state index contributed by atoms with van der Waals surface area (Å²) in [7, 11) is -3.70. The first kappa shape index (κ1) is 16.7. The molecule has 2 rings (SSSR count). The number of benzene rings is 1. The Kier molecular flexibility index (Phi) is 5.60. The molecule has 1 heterocycles. The number of hydrogen-bond donors (Lipinski definition) is 2. The standard InChI is InChI=1S/C14H20ClFN2O2S/c1-10-7-14(12(15)8-13(10)16)21(19,20)18-6-4-11-3-2-5-17-9-11/h7-8,11,17-18H,2-6,9H2,1H3. The third kappa shape index (κ3) is 4.39. The highest BCUT2D eigenvalue weighted by Crippen LogP contribution is 2.24. The summed E-state index contributed by atoms with van der Waals surface area (Å²) in [5.41, 5.74) is 0.260. The predicted octanol–water partition coefficient (Wildman–Crippen LogP) is 2.46. The van der Waals surface area contributed by atoms with E-state index < -0.39 is 15.8 Å². The summed E-state index contributed by atoms with van der Waals surface area (Å²) in [6, 6.07) is 2.30. The number of aryl methyl sites for hydroxylation is 1. The summed E-state index contributed by atoms with van der Waals surface area (Å²) in [4.78, 5) is -0.0650. The van der Waals surface area contributed by atoms with Gasteiger partial charge in [0, 0.05) is 6.54 Å². The highest BCUT2D eigenvalue weighted by atomic mass is 35.5. The van der Waals surface area contributed by atoms with Crippen molar-refractivity contribution in [2.75, 3.05) is 19.6 Å². The van der Waals surface area contributed by atoms with Crippen molar-refractivity contribution < 1.29 is 12.8 Å². The molecule has 1 saturated heterocycles. The van der Waals surface area contributed by atoms with Crippen LogP contribution in [0, 0.1) is 18.7 Å². The SMILES string of the molecule is Cc1cc(S(=O)(=O)NCCC2CCCNC2)c(Cl)cc1F. The second-order valence-electron chi connectivity index (χ2n) is 5.43. The average molecular weight is 335 g/mol. The number of hydrogen-bond acceptors (Lipinski definition) is 3. The summed E-state index contributed by atoms with van der Waals surface area (Å²) in [5.74, 6) is -0.0147. The van der Waals surface area contributed by atoms with Crippen molar-refractivity contribution >= 4 is 21.6 Å². The van der Waals surface area contributed by atoms with Crippen molar-refractivity contribution in [1.29, 1.82) is 0 Å². The van der Waals surface area contributed by atoms with Crippen molar-refractivity contribution in [3.05, 3.63) is 28.5 Å². The molecule has 0 aliphatic carbocycles. The maximum atomic E-state index is 13.3. The highest BCUT2D eigenvalue weighted by molar-refractivity contribution is 7.89. The van der Waals surface area contributed by atoms with Gasteiger partial charge < -0.3 is 5.32 Å². The Morgan fingerprint density at radius 3 is 2.90 bits per heavy atom. The summed E-state index contributed by atoms with van der Waals surface area (Å²) >= 11 is 5.84. The third-order valence-corrected chi connectivity index (χ3v) is 5.67. The van der Waals surface area contributed by atoms with Gasteiger partial charge in [0.25, 0.3) is 0 Å². The monoisotopic (exact) mass is 334 g/mol. The second-order valence-corrected chi connectivity index (χ2v) is 7.57. The van der Waals surface area contributed by atoms with E-state index in [0.29, 0.717) is 12.5 Å². The van der Waals surface area contributed by atoms with Crippen LogP contribution in [0.5, 0.6) is 0 Å². The maximum Gasteiger partial charge on any atom is 0.242 e. The number of halogens is 2. The lowest BCUT2D eigenvalue weighted by Gasteiger charge is -2.22. The summed E-state index contributed by atoms with van der Waals surface area (Å²) in [6.07, 6.45) is 3.02. The Morgan fingerprint density at radius 1 is 1.48 bits per heavy atom. The minimum atomic E-state index is -3.70. The van der Waals surface area contributed by atoms with E-state index in [1.165, 1.54) is 13.0 Å². The molecule has 0 amide bonds. The normalized spacial score (nSPS) is 19.7. The average Bonchev–Trinajstić information content (AvgIpc) is 2.43. The van der Waals surface area contributed by atoms with Crippen LogP contribution < -0.4 is 10.0 Å². The van der Waals surface area contributed by atoms with Gasteiger partial charge in [-0.2, -0.15) is 0 Å². The molecule has 1 aliphatic rings. The number of sulfonamides is 1. The fourth-order valence-electron chi connectivity index (χ4n) is 2.48. The second kappa shape index (κ2) is 7.05. The van der Waals surface area contributed by atoms with Crippen LogP contribution >= 0.6 is 11.6 Å². The molecular formula is C14H20ClFN2O2S. The van der Waals surface area contributed by atoms with Gasteiger partial charge >= 0.3 is 0 Å². The molecule has 0 radical (unpaired) electrons. The fourth-order valence-corrected chi connectivity index (χ4v) is 4.13. The highest BCUT2D eigenvalue weighted by Gasteiger charge is 2.20. The Labute approximate surface area is 130 Å². The molecule has 0 aromatic heterocycles. The predicted molar refractivity (Wildman–Crippen MR) is 81.5 cm³/mol. The van der Waals surface area contributed by atoms with Gasteiger partial charge in [0.05, 0.1) is 5.02 Å². The number of piperidine rings is 1. The molecule has 0 saturated carbocycles. The van der Waals surface area contributed by atoms with E-state index in [1.807, 2.05) is 0 Å². The zero-order valence-corrected chi connectivity index (χ0v) is 13.5. The van der Waals surface area contributed by atoms with Crippen LogP contribution in [-0.4, -0.2) is 28.1 Å². The first-order chi connectivity index (χ1) is 9.90. The molecule has 1 aromatic rings. The van der Waals surface area contributed by atoms with Gasteiger partial charge in [0.15, 0.2) is 0 Å². The largest absolute Gasteiger partial charge is 0.316 e. The molecule has 2 N–H and O–H groups in total. The van der Waals surface area contributed by atoms with E-state index >= 15 is 0 Å². The zero-order valence-electron chi connectivity index (χ0n) is 12.0. The van der Waals surface area contributed by atoms with E-state index in [0.717, 1.165) is 38.4 Å². The molecule has 1 atom stereocenters. The van der Waals surface area contributed by atoms with Gasteiger partial charge in [-0.25, -0.2) is 17.5 Å². The van der Waals surface area contributed by atoms with Crippen LogP contribution in [0.15, 0.2) is 17.0 Å². The van der Waals surface area contributed by atoms with Crippen LogP contribution in [0.1, 0.15) is 24.8 Å². The first-order valence-corrected chi connectivity index (χ1v) is 8.92. The summed E-state index contributed by atoms with van der Waals surface area (Å²) < 4.78 is 40.3. The van der Waals surface area contributed by atoms with Gasteiger partial charge in [-0.3, -0.25) is 0 Å². The minimum Gasteiger partial charge on any atom is -0.316 e. The number of rotatable bonds is 5. The molecule has 21 heavy (non-hydrogen) atoms. The van der Waals surface area contributed by atoms with Gasteiger partial charge in [-0.1, -0.05) is 11.6 Å². The summed E-state index contributed by atoms with van der Waals surface area (Å²) in [6.45, 7) is 3.84. The Bertz CT molecular complexity index is 601. The fraction of sp³-hybridized carbons (Fsp3) is 0.571. The minimum absolute atomic E-state index is 0.0650. The molecular weight excluding hydrogens is 315 g/mol. The van der Waals surface area contributed by atoms with Gasteiger partial charge in [0.1, 0.15) is 10.7 Å². The molecule has 4 nitrogen and oxygen atoms in total. The van der Waals surface area contributed by atoms with Gasteiger partial charge in [-0.15, -0.1) is 0 Å². The van der Waals surface area contributed by atoms with E-state index in [2.05, 4.69) is 10.0 Å². The van der Waals surface area contributed by atoms with Crippen LogP contribution in [-0.2, 0) is 10.0 Å². The Balaban J connectivity index is 1.99. The van der Waals surface area contributed by atoms with Crippen LogP contribution in [0.4, 0.5) is 4.39 Å². The smallest absolute Gasteiger partial charge is 0.242 e. The van der Waals surface area contributed by atoms with Crippen molar-refractivity contribution in [2.24, 2.45) is 5.92 Å². The lowest BCUT2D eigenvalue weighted by molar-refractivity contribution is 0.358. The van der Waals surface area contributed by atoms with Crippen LogP contribution in [0.2, 0.25) is 5.02 Å². The molecule has 1 fully saturated rings. The lowest BCUT2D eigenvalue weighted by Crippen LogP contribution is -2.33. The maximum absolute atomic E-state index is 13.3. The van der Waals surface area contributed by atoms with Gasteiger partial charge in [0.2, 0.25) is 10.0 Å². The van der Waals surface area contributed by atoms with E-state index in [4.69, 9.17) is 11.6 Å². The van der Waals surface area contributed by atoms with Crippen molar-refractivity contribution in [1.82, 2.24) is 10.0 Å². The molecule has 7 heteroatoms. The third-order valence-electron chi connectivity index (χ3n) is 3.75.